The zero-order valence-corrected chi connectivity index (χ0v) is 11.3. The fourth-order valence-electron chi connectivity index (χ4n) is 1.29. The van der Waals surface area contributed by atoms with Crippen molar-refractivity contribution in [3.05, 3.63) is 29.6 Å². The molecular formula is C12H15BrFNO2. The summed E-state index contributed by atoms with van der Waals surface area (Å²) in [6, 6.07) is 3.78. The van der Waals surface area contributed by atoms with Crippen LogP contribution in [0.3, 0.4) is 0 Å². The number of halogens is 2. The van der Waals surface area contributed by atoms with Gasteiger partial charge >= 0.3 is 0 Å². The van der Waals surface area contributed by atoms with Gasteiger partial charge in [-0.15, -0.1) is 0 Å². The van der Waals surface area contributed by atoms with Crippen LogP contribution in [0.25, 0.3) is 0 Å². The zero-order valence-electron chi connectivity index (χ0n) is 9.76. The molecule has 94 valence electrons. The Bertz CT molecular complexity index is 399. The number of carbonyl (C=O) groups is 1. The summed E-state index contributed by atoms with van der Waals surface area (Å²) in [6.07, 6.45) is 0.694. The molecule has 1 aromatic carbocycles. The molecule has 0 saturated carbocycles. The van der Waals surface area contributed by atoms with Gasteiger partial charge in [-0.2, -0.15) is 0 Å². The summed E-state index contributed by atoms with van der Waals surface area (Å²) in [5.41, 5.74) is -0.778. The van der Waals surface area contributed by atoms with Gasteiger partial charge in [0.05, 0.1) is 0 Å². The van der Waals surface area contributed by atoms with Crippen molar-refractivity contribution in [3.8, 4) is 5.75 Å². The molecule has 17 heavy (non-hydrogen) atoms. The van der Waals surface area contributed by atoms with Crippen LogP contribution in [0.2, 0.25) is 0 Å². The number of carbonyl (C=O) groups excluding carboxylic acids is 1. The monoisotopic (exact) mass is 303 g/mol. The highest BCUT2D eigenvalue weighted by Crippen LogP contribution is 2.21. The minimum Gasteiger partial charge on any atom is -0.507 e. The number of hydrogen-bond donors (Lipinski definition) is 2. The van der Waals surface area contributed by atoms with Crippen molar-refractivity contribution in [2.45, 2.75) is 25.8 Å². The van der Waals surface area contributed by atoms with Crippen LogP contribution in [0, 0.1) is 5.82 Å². The minimum atomic E-state index is -0.726. The second-order valence-electron chi connectivity index (χ2n) is 4.14. The molecule has 0 heterocycles. The van der Waals surface area contributed by atoms with Crippen molar-refractivity contribution in [3.63, 3.8) is 0 Å². The molecule has 0 radical (unpaired) electrons. The van der Waals surface area contributed by atoms with Crippen molar-refractivity contribution in [2.24, 2.45) is 0 Å². The van der Waals surface area contributed by atoms with Crippen LogP contribution in [0.4, 0.5) is 4.39 Å². The van der Waals surface area contributed by atoms with Gasteiger partial charge in [0.1, 0.15) is 17.1 Å². The van der Waals surface area contributed by atoms with Gasteiger partial charge in [0, 0.05) is 10.9 Å². The normalized spacial score (nSPS) is 14.1. The Morgan fingerprint density at radius 1 is 1.59 bits per heavy atom. The highest BCUT2D eigenvalue weighted by atomic mass is 79.9. The average molecular weight is 304 g/mol. The summed E-state index contributed by atoms with van der Waals surface area (Å²) in [5, 5.41) is 12.7. The highest BCUT2D eigenvalue weighted by Gasteiger charge is 2.26. The summed E-state index contributed by atoms with van der Waals surface area (Å²) >= 11 is 3.30. The van der Waals surface area contributed by atoms with Crippen molar-refractivity contribution in [1.82, 2.24) is 5.32 Å². The van der Waals surface area contributed by atoms with Crippen LogP contribution in [0.15, 0.2) is 18.2 Å². The molecule has 1 aromatic rings. The molecule has 0 saturated heterocycles. The van der Waals surface area contributed by atoms with Crippen molar-refractivity contribution in [2.75, 3.05) is 5.33 Å². The molecule has 2 N–H and O–H groups in total. The standard InChI is InChI=1S/C12H15BrFNO2/c1-3-12(2,7-13)15-11(17)10-8(14)5-4-6-9(10)16/h4-6,16H,3,7H2,1-2H3,(H,15,17). The molecule has 1 rings (SSSR count). The lowest BCUT2D eigenvalue weighted by atomic mass is 10.0. The topological polar surface area (TPSA) is 49.3 Å². The first-order valence-corrected chi connectivity index (χ1v) is 6.41. The summed E-state index contributed by atoms with van der Waals surface area (Å²) in [7, 11) is 0. The number of aromatic hydroxyl groups is 1. The molecule has 5 heteroatoms. The first kappa shape index (κ1) is 14.0. The first-order chi connectivity index (χ1) is 7.93. The van der Waals surface area contributed by atoms with Crippen LogP contribution in [0.5, 0.6) is 5.75 Å². The Kier molecular flexibility index (Phi) is 4.51. The third kappa shape index (κ3) is 3.19. The molecule has 0 fully saturated rings. The molecule has 1 unspecified atom stereocenters. The van der Waals surface area contributed by atoms with Crippen LogP contribution < -0.4 is 5.32 Å². The van der Waals surface area contributed by atoms with E-state index >= 15 is 0 Å². The number of benzene rings is 1. The average Bonchev–Trinajstić information content (AvgIpc) is 2.28. The number of amides is 1. The van der Waals surface area contributed by atoms with Crippen LogP contribution in [-0.2, 0) is 0 Å². The fourth-order valence-corrected chi connectivity index (χ4v) is 1.83. The maximum atomic E-state index is 13.5. The fraction of sp³-hybridized carbons (Fsp3) is 0.417. The Balaban J connectivity index is 2.98. The van der Waals surface area contributed by atoms with E-state index in [2.05, 4.69) is 21.2 Å². The maximum Gasteiger partial charge on any atom is 0.258 e. The van der Waals surface area contributed by atoms with Gasteiger partial charge in [-0.1, -0.05) is 28.9 Å². The lowest BCUT2D eigenvalue weighted by Gasteiger charge is -2.27. The van der Waals surface area contributed by atoms with Gasteiger partial charge in [0.15, 0.2) is 0 Å². The zero-order chi connectivity index (χ0) is 13.1. The lowest BCUT2D eigenvalue weighted by molar-refractivity contribution is 0.0906. The van der Waals surface area contributed by atoms with Crippen LogP contribution in [0.1, 0.15) is 30.6 Å². The van der Waals surface area contributed by atoms with E-state index in [9.17, 15) is 14.3 Å². The van der Waals surface area contributed by atoms with Gasteiger partial charge in [-0.3, -0.25) is 4.79 Å². The Labute approximate surface area is 108 Å². The lowest BCUT2D eigenvalue weighted by Crippen LogP contribution is -2.47. The third-order valence-corrected chi connectivity index (χ3v) is 3.95. The Morgan fingerprint density at radius 2 is 2.24 bits per heavy atom. The summed E-state index contributed by atoms with van der Waals surface area (Å²) in [4.78, 5) is 11.9. The van der Waals surface area contributed by atoms with E-state index in [-0.39, 0.29) is 11.3 Å². The summed E-state index contributed by atoms with van der Waals surface area (Å²) in [5.74, 6) is -1.68. The van der Waals surface area contributed by atoms with E-state index in [1.54, 1.807) is 0 Å². The Morgan fingerprint density at radius 3 is 2.71 bits per heavy atom. The van der Waals surface area contributed by atoms with Crippen molar-refractivity contribution >= 4 is 21.8 Å². The Hall–Kier alpha value is -1.10. The van der Waals surface area contributed by atoms with Gasteiger partial charge < -0.3 is 10.4 Å². The number of phenolic OH excluding ortho intramolecular Hbond substituents is 1. The molecule has 0 aliphatic carbocycles. The maximum absolute atomic E-state index is 13.5. The predicted molar refractivity (Wildman–Crippen MR) is 68.0 cm³/mol. The summed E-state index contributed by atoms with van der Waals surface area (Å²) in [6.45, 7) is 3.76. The second-order valence-corrected chi connectivity index (χ2v) is 4.70. The number of rotatable bonds is 4. The number of alkyl halides is 1. The molecule has 0 spiro atoms. The predicted octanol–water partition coefficient (Wildman–Crippen LogP) is 2.82. The molecular weight excluding hydrogens is 289 g/mol. The molecule has 1 atom stereocenters. The van der Waals surface area contributed by atoms with Gasteiger partial charge in [-0.05, 0) is 25.5 Å². The number of phenols is 1. The van der Waals surface area contributed by atoms with Crippen molar-refractivity contribution < 1.29 is 14.3 Å². The van der Waals surface area contributed by atoms with E-state index in [0.717, 1.165) is 6.07 Å². The van der Waals surface area contributed by atoms with Gasteiger partial charge in [0.25, 0.3) is 5.91 Å². The quantitative estimate of drug-likeness (QED) is 0.840. The minimum absolute atomic E-state index is 0.312. The molecule has 1 amide bonds. The molecule has 0 bridgehead atoms. The van der Waals surface area contributed by atoms with E-state index in [1.165, 1.54) is 12.1 Å². The van der Waals surface area contributed by atoms with Crippen LogP contribution >= 0.6 is 15.9 Å². The molecule has 0 aromatic heterocycles. The number of hydrogen-bond acceptors (Lipinski definition) is 2. The van der Waals surface area contributed by atoms with Crippen LogP contribution in [-0.4, -0.2) is 21.9 Å². The summed E-state index contributed by atoms with van der Waals surface area (Å²) < 4.78 is 13.5. The number of nitrogens with one attached hydrogen (secondary N) is 1. The molecule has 0 aliphatic rings. The van der Waals surface area contributed by atoms with E-state index in [4.69, 9.17) is 0 Å². The van der Waals surface area contributed by atoms with Crippen molar-refractivity contribution in [1.29, 1.82) is 0 Å². The second kappa shape index (κ2) is 5.49. The van der Waals surface area contributed by atoms with E-state index in [1.807, 2.05) is 13.8 Å². The molecule has 3 nitrogen and oxygen atoms in total. The van der Waals surface area contributed by atoms with Gasteiger partial charge in [-0.25, -0.2) is 4.39 Å². The smallest absolute Gasteiger partial charge is 0.258 e. The molecule has 0 aliphatic heterocycles. The SMILES string of the molecule is CCC(C)(CBr)NC(=O)c1c(O)cccc1F. The first-order valence-electron chi connectivity index (χ1n) is 5.29. The van der Waals surface area contributed by atoms with E-state index in [0.29, 0.717) is 11.8 Å². The van der Waals surface area contributed by atoms with Gasteiger partial charge in [0.2, 0.25) is 0 Å². The largest absolute Gasteiger partial charge is 0.507 e. The van der Waals surface area contributed by atoms with E-state index < -0.39 is 17.3 Å². The third-order valence-electron chi connectivity index (χ3n) is 2.71. The highest BCUT2D eigenvalue weighted by molar-refractivity contribution is 9.09.